The molecule has 1 aliphatic rings. The summed E-state index contributed by atoms with van der Waals surface area (Å²) in [6.45, 7) is 6.69. The summed E-state index contributed by atoms with van der Waals surface area (Å²) in [5, 5.41) is 0. The third kappa shape index (κ3) is 3.32. The van der Waals surface area contributed by atoms with E-state index in [0.29, 0.717) is 19.0 Å². The molecule has 0 amide bonds. The van der Waals surface area contributed by atoms with Gasteiger partial charge >= 0.3 is 7.82 Å². The lowest BCUT2D eigenvalue weighted by molar-refractivity contribution is 0.0182. The Bertz CT molecular complexity index is 424. The SMILES string of the molecule is Cc1ccc(OP2(=O)OCC(C)(C)CO2)cc1. The zero-order chi connectivity index (χ0) is 12.5. The molecule has 1 saturated heterocycles. The average Bonchev–Trinajstić information content (AvgIpc) is 2.27. The van der Waals surface area contributed by atoms with Crippen molar-refractivity contribution < 1.29 is 18.1 Å². The molecule has 1 aromatic rings. The third-order valence-corrected chi connectivity index (χ3v) is 3.79. The minimum absolute atomic E-state index is 0.120. The standard InChI is InChI=1S/C12H17O4P/c1-10-4-6-11(7-5-10)16-17(13)14-8-12(2,3)9-15-17/h4-7H,8-9H2,1-3H3. The molecule has 0 saturated carbocycles. The Morgan fingerprint density at radius 3 is 2.24 bits per heavy atom. The fraction of sp³-hybridized carbons (Fsp3) is 0.500. The number of phosphoric acid groups is 1. The van der Waals surface area contributed by atoms with Gasteiger partial charge in [0.25, 0.3) is 0 Å². The normalized spacial score (nSPS) is 22.1. The molecule has 2 rings (SSSR count). The fourth-order valence-corrected chi connectivity index (χ4v) is 2.94. The number of phosphoric ester groups is 1. The fourth-order valence-electron chi connectivity index (χ4n) is 1.37. The van der Waals surface area contributed by atoms with Crippen LogP contribution in [0.4, 0.5) is 0 Å². The first-order chi connectivity index (χ1) is 7.89. The van der Waals surface area contributed by atoms with Crippen molar-refractivity contribution in [2.75, 3.05) is 13.2 Å². The summed E-state index contributed by atoms with van der Waals surface area (Å²) < 4.78 is 27.9. The van der Waals surface area contributed by atoms with E-state index in [1.54, 1.807) is 12.1 Å². The van der Waals surface area contributed by atoms with Crippen LogP contribution in [0.1, 0.15) is 19.4 Å². The van der Waals surface area contributed by atoms with Gasteiger partial charge in [-0.05, 0) is 19.1 Å². The van der Waals surface area contributed by atoms with Crippen molar-refractivity contribution in [3.63, 3.8) is 0 Å². The molecule has 0 bridgehead atoms. The van der Waals surface area contributed by atoms with E-state index < -0.39 is 7.82 Å². The Labute approximate surface area is 102 Å². The van der Waals surface area contributed by atoms with Crippen molar-refractivity contribution in [1.29, 1.82) is 0 Å². The molecule has 0 atom stereocenters. The van der Waals surface area contributed by atoms with Gasteiger partial charge in [-0.1, -0.05) is 31.5 Å². The largest absolute Gasteiger partial charge is 0.530 e. The van der Waals surface area contributed by atoms with E-state index in [9.17, 15) is 4.57 Å². The monoisotopic (exact) mass is 256 g/mol. The first kappa shape index (κ1) is 12.6. The van der Waals surface area contributed by atoms with Crippen LogP contribution in [0.3, 0.4) is 0 Å². The maximum Gasteiger partial charge on any atom is 0.530 e. The molecule has 1 heterocycles. The Balaban J connectivity index is 2.04. The lowest BCUT2D eigenvalue weighted by atomic mass is 9.97. The molecule has 0 spiro atoms. The molecule has 0 aliphatic carbocycles. The quantitative estimate of drug-likeness (QED) is 0.759. The minimum Gasteiger partial charge on any atom is -0.404 e. The highest BCUT2D eigenvalue weighted by Crippen LogP contribution is 2.54. The summed E-state index contributed by atoms with van der Waals surface area (Å²) in [4.78, 5) is 0. The van der Waals surface area contributed by atoms with Gasteiger partial charge in [-0.2, -0.15) is 0 Å². The van der Waals surface area contributed by atoms with E-state index >= 15 is 0 Å². The van der Waals surface area contributed by atoms with Gasteiger partial charge in [0.15, 0.2) is 0 Å². The zero-order valence-electron chi connectivity index (χ0n) is 10.3. The van der Waals surface area contributed by atoms with Gasteiger partial charge in [0, 0.05) is 5.41 Å². The lowest BCUT2D eigenvalue weighted by Gasteiger charge is -2.32. The second-order valence-electron chi connectivity index (χ2n) is 5.06. The van der Waals surface area contributed by atoms with Crippen LogP contribution in [-0.2, 0) is 13.6 Å². The van der Waals surface area contributed by atoms with Gasteiger partial charge in [0.2, 0.25) is 0 Å². The summed E-state index contributed by atoms with van der Waals surface area (Å²) in [5.41, 5.74) is 0.993. The van der Waals surface area contributed by atoms with Crippen molar-refractivity contribution in [3.05, 3.63) is 29.8 Å². The number of hydrogen-bond acceptors (Lipinski definition) is 4. The highest BCUT2D eigenvalue weighted by Gasteiger charge is 2.39. The van der Waals surface area contributed by atoms with Gasteiger partial charge in [-0.3, -0.25) is 9.05 Å². The van der Waals surface area contributed by atoms with Crippen molar-refractivity contribution >= 4 is 7.82 Å². The van der Waals surface area contributed by atoms with E-state index in [1.807, 2.05) is 32.9 Å². The van der Waals surface area contributed by atoms with E-state index in [1.165, 1.54) is 0 Å². The number of benzene rings is 1. The maximum absolute atomic E-state index is 12.1. The first-order valence-corrected chi connectivity index (χ1v) is 7.00. The summed E-state index contributed by atoms with van der Waals surface area (Å²) in [7, 11) is -3.43. The Morgan fingerprint density at radius 2 is 1.71 bits per heavy atom. The van der Waals surface area contributed by atoms with Gasteiger partial charge in [0.05, 0.1) is 13.2 Å². The van der Waals surface area contributed by atoms with Crippen LogP contribution in [0.2, 0.25) is 0 Å². The van der Waals surface area contributed by atoms with Gasteiger partial charge in [-0.15, -0.1) is 0 Å². The second-order valence-corrected chi connectivity index (χ2v) is 6.66. The molecule has 4 nitrogen and oxygen atoms in total. The van der Waals surface area contributed by atoms with Gasteiger partial charge in [0.1, 0.15) is 5.75 Å². The topological polar surface area (TPSA) is 44.8 Å². The molecule has 0 N–H and O–H groups in total. The van der Waals surface area contributed by atoms with Gasteiger partial charge < -0.3 is 4.52 Å². The predicted octanol–water partition coefficient (Wildman–Crippen LogP) is 3.55. The highest BCUT2D eigenvalue weighted by atomic mass is 31.2. The predicted molar refractivity (Wildman–Crippen MR) is 65.1 cm³/mol. The van der Waals surface area contributed by atoms with Gasteiger partial charge in [-0.25, -0.2) is 4.57 Å². The van der Waals surface area contributed by atoms with Crippen LogP contribution < -0.4 is 4.52 Å². The van der Waals surface area contributed by atoms with Crippen LogP contribution in [0.5, 0.6) is 5.75 Å². The number of aryl methyl sites for hydroxylation is 1. The molecule has 1 fully saturated rings. The van der Waals surface area contributed by atoms with Crippen molar-refractivity contribution in [3.8, 4) is 5.75 Å². The van der Waals surface area contributed by atoms with Crippen molar-refractivity contribution in [2.45, 2.75) is 20.8 Å². The minimum atomic E-state index is -3.43. The molecule has 0 aromatic heterocycles. The number of rotatable bonds is 2. The number of hydrogen-bond donors (Lipinski definition) is 0. The molecule has 94 valence electrons. The molecule has 5 heteroatoms. The molecule has 0 radical (unpaired) electrons. The molecular formula is C12H17O4P. The van der Waals surface area contributed by atoms with Crippen LogP contribution >= 0.6 is 7.82 Å². The zero-order valence-corrected chi connectivity index (χ0v) is 11.2. The van der Waals surface area contributed by atoms with Crippen LogP contribution in [-0.4, -0.2) is 13.2 Å². The van der Waals surface area contributed by atoms with Crippen molar-refractivity contribution in [2.24, 2.45) is 5.41 Å². The first-order valence-electron chi connectivity index (χ1n) is 5.54. The Hall–Kier alpha value is -0.830. The van der Waals surface area contributed by atoms with Crippen molar-refractivity contribution in [1.82, 2.24) is 0 Å². The Kier molecular flexibility index (Phi) is 3.30. The molecule has 1 aliphatic heterocycles. The molecule has 0 unspecified atom stereocenters. The van der Waals surface area contributed by atoms with E-state index in [4.69, 9.17) is 13.6 Å². The highest BCUT2D eigenvalue weighted by molar-refractivity contribution is 7.49. The Morgan fingerprint density at radius 1 is 1.18 bits per heavy atom. The van der Waals surface area contributed by atoms with E-state index in [0.717, 1.165) is 5.56 Å². The summed E-state index contributed by atoms with van der Waals surface area (Å²) in [6.07, 6.45) is 0. The van der Waals surface area contributed by atoms with E-state index in [-0.39, 0.29) is 5.41 Å². The smallest absolute Gasteiger partial charge is 0.404 e. The van der Waals surface area contributed by atoms with Crippen LogP contribution in [0.25, 0.3) is 0 Å². The maximum atomic E-state index is 12.1. The second kappa shape index (κ2) is 4.45. The summed E-state index contributed by atoms with van der Waals surface area (Å²) >= 11 is 0. The van der Waals surface area contributed by atoms with Crippen LogP contribution in [0, 0.1) is 12.3 Å². The molecular weight excluding hydrogens is 239 g/mol. The molecule has 17 heavy (non-hydrogen) atoms. The summed E-state index contributed by atoms with van der Waals surface area (Å²) in [5.74, 6) is 0.499. The molecule has 1 aromatic carbocycles. The third-order valence-electron chi connectivity index (χ3n) is 2.46. The van der Waals surface area contributed by atoms with E-state index in [2.05, 4.69) is 0 Å². The average molecular weight is 256 g/mol. The lowest BCUT2D eigenvalue weighted by Crippen LogP contribution is -2.30. The summed E-state index contributed by atoms with van der Waals surface area (Å²) in [6, 6.07) is 7.27. The van der Waals surface area contributed by atoms with Crippen LogP contribution in [0.15, 0.2) is 24.3 Å².